The van der Waals surface area contributed by atoms with Crippen LogP contribution in [0.5, 0.6) is 0 Å². The molecule has 1 unspecified atom stereocenters. The van der Waals surface area contributed by atoms with Gasteiger partial charge in [-0.15, -0.1) is 11.3 Å². The summed E-state index contributed by atoms with van der Waals surface area (Å²) in [5, 5.41) is 15.7. The maximum atomic E-state index is 10.9. The zero-order valence-corrected chi connectivity index (χ0v) is 11.9. The molecule has 0 amide bonds. The second-order valence-corrected chi connectivity index (χ2v) is 5.82. The second kappa shape index (κ2) is 5.03. The number of hydrogen-bond acceptors (Lipinski definition) is 6. The zero-order chi connectivity index (χ0) is 13.3. The monoisotopic (exact) mass is 283 g/mol. The third-order valence-corrected chi connectivity index (χ3v) is 4.56. The fourth-order valence-corrected chi connectivity index (χ4v) is 3.17. The summed E-state index contributed by atoms with van der Waals surface area (Å²) in [4.78, 5) is 19.8. The predicted molar refractivity (Wildman–Crippen MR) is 72.7 cm³/mol. The lowest BCUT2D eigenvalue weighted by Gasteiger charge is -2.08. The topological polar surface area (TPSA) is 75.1 Å². The summed E-state index contributed by atoms with van der Waals surface area (Å²) in [5.41, 5.74) is 1.53. The van der Waals surface area contributed by atoms with Crippen LogP contribution >= 0.6 is 22.7 Å². The van der Waals surface area contributed by atoms with Crippen molar-refractivity contribution in [3.63, 3.8) is 0 Å². The largest absolute Gasteiger partial charge is 0.477 e. The van der Waals surface area contributed by atoms with Crippen LogP contribution in [-0.2, 0) is 0 Å². The van der Waals surface area contributed by atoms with Crippen molar-refractivity contribution in [3.8, 4) is 0 Å². The van der Waals surface area contributed by atoms with Gasteiger partial charge >= 0.3 is 5.97 Å². The van der Waals surface area contributed by atoms with E-state index in [-0.39, 0.29) is 10.9 Å². The molecule has 0 radical (unpaired) electrons. The van der Waals surface area contributed by atoms with Gasteiger partial charge in [-0.25, -0.2) is 14.8 Å². The number of anilines is 1. The Morgan fingerprint density at radius 1 is 1.44 bits per heavy atom. The van der Waals surface area contributed by atoms with E-state index in [1.54, 1.807) is 18.3 Å². The minimum Gasteiger partial charge on any atom is -0.477 e. The van der Waals surface area contributed by atoms with Gasteiger partial charge in [0.1, 0.15) is 9.88 Å². The van der Waals surface area contributed by atoms with Gasteiger partial charge in [-0.3, -0.25) is 0 Å². The first-order chi connectivity index (χ1) is 8.47. The molecule has 0 spiro atoms. The van der Waals surface area contributed by atoms with Gasteiger partial charge < -0.3 is 10.4 Å². The van der Waals surface area contributed by atoms with E-state index in [0.717, 1.165) is 22.0 Å². The van der Waals surface area contributed by atoms with Crippen molar-refractivity contribution >= 4 is 33.8 Å². The molecule has 0 aromatic carbocycles. The lowest BCUT2D eigenvalue weighted by Crippen LogP contribution is -2.05. The van der Waals surface area contributed by atoms with Crippen LogP contribution in [0.2, 0.25) is 0 Å². The first kappa shape index (κ1) is 13.0. The van der Waals surface area contributed by atoms with Crippen molar-refractivity contribution in [2.24, 2.45) is 0 Å². The molecule has 2 rings (SSSR count). The van der Waals surface area contributed by atoms with Crippen molar-refractivity contribution in [3.05, 3.63) is 26.7 Å². The van der Waals surface area contributed by atoms with Crippen LogP contribution in [-0.4, -0.2) is 21.0 Å². The van der Waals surface area contributed by atoms with Gasteiger partial charge in [-0.05, 0) is 20.8 Å². The van der Waals surface area contributed by atoms with Gasteiger partial charge in [0.05, 0.1) is 11.7 Å². The maximum absolute atomic E-state index is 10.9. The number of nitrogens with zero attached hydrogens (tertiary/aromatic N) is 2. The number of rotatable bonds is 4. The van der Waals surface area contributed by atoms with E-state index in [1.165, 1.54) is 0 Å². The molecular formula is C11H13N3O2S2. The van der Waals surface area contributed by atoms with E-state index in [4.69, 9.17) is 5.11 Å². The van der Waals surface area contributed by atoms with Crippen LogP contribution in [0.1, 0.15) is 39.0 Å². The highest BCUT2D eigenvalue weighted by molar-refractivity contribution is 7.17. The number of aromatic carboxylic acids is 1. The number of aromatic nitrogens is 2. The highest BCUT2D eigenvalue weighted by Crippen LogP contribution is 2.27. The summed E-state index contributed by atoms with van der Waals surface area (Å²) in [6.45, 7) is 5.63. The van der Waals surface area contributed by atoms with Crippen LogP contribution in [0.4, 0.5) is 5.13 Å². The molecule has 1 atom stereocenters. The molecule has 2 heterocycles. The highest BCUT2D eigenvalue weighted by atomic mass is 32.1. The second-order valence-electron chi connectivity index (χ2n) is 3.93. The number of carbonyl (C=O) groups is 1. The minimum atomic E-state index is -0.934. The van der Waals surface area contributed by atoms with Crippen molar-refractivity contribution in [1.82, 2.24) is 9.97 Å². The van der Waals surface area contributed by atoms with Gasteiger partial charge in [0.15, 0.2) is 5.13 Å². The van der Waals surface area contributed by atoms with E-state index in [9.17, 15) is 4.79 Å². The van der Waals surface area contributed by atoms with Gasteiger partial charge in [-0.2, -0.15) is 0 Å². The van der Waals surface area contributed by atoms with Crippen LogP contribution < -0.4 is 5.32 Å². The molecule has 2 aromatic heterocycles. The lowest BCUT2D eigenvalue weighted by atomic mass is 10.3. The third kappa shape index (κ3) is 2.68. The predicted octanol–water partition coefficient (Wildman–Crippen LogP) is 3.09. The molecule has 0 bridgehead atoms. The van der Waals surface area contributed by atoms with Crippen molar-refractivity contribution in [1.29, 1.82) is 0 Å². The first-order valence-electron chi connectivity index (χ1n) is 5.36. The van der Waals surface area contributed by atoms with E-state index in [1.807, 2.05) is 19.2 Å². The van der Waals surface area contributed by atoms with E-state index in [0.29, 0.717) is 10.8 Å². The standard InChI is InChI=1S/C11H13N3O2S2/c1-5-4-17-9(12-5)7(3)14-11-13-6(2)8(18-11)10(15)16/h4,7H,1-3H3,(H,13,14)(H,15,16). The summed E-state index contributed by atoms with van der Waals surface area (Å²) in [5.74, 6) is -0.934. The SMILES string of the molecule is Cc1csc(C(C)Nc2nc(C)c(C(=O)O)s2)n1. The Hall–Kier alpha value is -1.47. The number of nitrogens with one attached hydrogen (secondary N) is 1. The van der Waals surface area contributed by atoms with Gasteiger partial charge in [0.25, 0.3) is 0 Å². The van der Waals surface area contributed by atoms with Crippen LogP contribution in [0.15, 0.2) is 5.38 Å². The Bertz CT molecular complexity index is 577. The van der Waals surface area contributed by atoms with E-state index < -0.39 is 5.97 Å². The average Bonchev–Trinajstić information content (AvgIpc) is 2.85. The molecule has 0 saturated heterocycles. The van der Waals surface area contributed by atoms with Crippen LogP contribution in [0.3, 0.4) is 0 Å². The first-order valence-corrected chi connectivity index (χ1v) is 7.06. The summed E-state index contributed by atoms with van der Waals surface area (Å²) >= 11 is 2.73. The number of carboxylic acids is 1. The molecule has 2 N–H and O–H groups in total. The molecule has 5 nitrogen and oxygen atoms in total. The maximum Gasteiger partial charge on any atom is 0.347 e. The summed E-state index contributed by atoms with van der Waals surface area (Å²) in [6.07, 6.45) is 0. The van der Waals surface area contributed by atoms with E-state index >= 15 is 0 Å². The quantitative estimate of drug-likeness (QED) is 0.902. The Labute approximate surface area is 113 Å². The Kier molecular flexibility index (Phi) is 3.63. The molecule has 96 valence electrons. The number of thiazole rings is 2. The van der Waals surface area contributed by atoms with Crippen molar-refractivity contribution < 1.29 is 9.90 Å². The minimum absolute atomic E-state index is 0.0240. The van der Waals surface area contributed by atoms with Crippen molar-refractivity contribution in [2.45, 2.75) is 26.8 Å². The lowest BCUT2D eigenvalue weighted by molar-refractivity contribution is 0.0701. The molecule has 0 aliphatic rings. The molecule has 0 aliphatic carbocycles. The molecule has 2 aromatic rings. The van der Waals surface area contributed by atoms with Gasteiger partial charge in [0.2, 0.25) is 0 Å². The number of hydrogen-bond donors (Lipinski definition) is 2. The molecular weight excluding hydrogens is 270 g/mol. The normalized spacial score (nSPS) is 12.4. The highest BCUT2D eigenvalue weighted by Gasteiger charge is 2.16. The van der Waals surface area contributed by atoms with Crippen molar-refractivity contribution in [2.75, 3.05) is 5.32 Å². The molecule has 18 heavy (non-hydrogen) atoms. The fourth-order valence-electron chi connectivity index (χ4n) is 1.47. The fraction of sp³-hybridized carbons (Fsp3) is 0.364. The molecule has 0 fully saturated rings. The smallest absolute Gasteiger partial charge is 0.347 e. The summed E-state index contributed by atoms with van der Waals surface area (Å²) in [6, 6.07) is 0.0240. The molecule has 0 saturated carbocycles. The Morgan fingerprint density at radius 2 is 2.17 bits per heavy atom. The summed E-state index contributed by atoms with van der Waals surface area (Å²) in [7, 11) is 0. The average molecular weight is 283 g/mol. The van der Waals surface area contributed by atoms with Crippen LogP contribution in [0.25, 0.3) is 0 Å². The van der Waals surface area contributed by atoms with Crippen LogP contribution in [0, 0.1) is 13.8 Å². The van der Waals surface area contributed by atoms with Gasteiger partial charge in [-0.1, -0.05) is 11.3 Å². The number of aryl methyl sites for hydroxylation is 2. The molecule has 0 aliphatic heterocycles. The third-order valence-electron chi connectivity index (χ3n) is 2.34. The Morgan fingerprint density at radius 3 is 2.67 bits per heavy atom. The zero-order valence-electron chi connectivity index (χ0n) is 10.2. The Balaban J connectivity index is 2.14. The molecule has 7 heteroatoms. The van der Waals surface area contributed by atoms with E-state index in [2.05, 4.69) is 15.3 Å². The number of carboxylic acid groups (broad SMARTS) is 1. The van der Waals surface area contributed by atoms with Gasteiger partial charge in [0, 0.05) is 11.1 Å². The summed E-state index contributed by atoms with van der Waals surface area (Å²) < 4.78 is 0.